The van der Waals surface area contributed by atoms with Crippen LogP contribution in [-0.2, 0) is 5.60 Å². The van der Waals surface area contributed by atoms with E-state index in [2.05, 4.69) is 21.0 Å². The average molecular weight is 339 g/mol. The highest BCUT2D eigenvalue weighted by Crippen LogP contribution is 2.39. The Labute approximate surface area is 127 Å². The molecule has 0 radical (unpaired) electrons. The maximum atomic E-state index is 11.1. The molecule has 0 fully saturated rings. The Kier molecular flexibility index (Phi) is 4.20. The Morgan fingerprint density at radius 3 is 2.55 bits per heavy atom. The fourth-order valence-corrected chi connectivity index (χ4v) is 3.00. The van der Waals surface area contributed by atoms with Crippen molar-refractivity contribution in [1.29, 1.82) is 0 Å². The van der Waals surface area contributed by atoms with Gasteiger partial charge in [0.05, 0.1) is 13.3 Å². The van der Waals surface area contributed by atoms with E-state index >= 15 is 0 Å². The lowest BCUT2D eigenvalue weighted by molar-refractivity contribution is 0.0860. The molecule has 0 bridgehead atoms. The molecule has 20 heavy (non-hydrogen) atoms. The summed E-state index contributed by atoms with van der Waals surface area (Å²) in [6.07, 6.45) is 1.64. The second-order valence-electron chi connectivity index (χ2n) is 5.15. The molecule has 1 aromatic heterocycles. The molecule has 0 saturated heterocycles. The van der Waals surface area contributed by atoms with Crippen molar-refractivity contribution >= 4 is 15.9 Å². The quantitative estimate of drug-likeness (QED) is 0.928. The van der Waals surface area contributed by atoms with E-state index in [-0.39, 0.29) is 6.04 Å². The van der Waals surface area contributed by atoms with Gasteiger partial charge in [0.15, 0.2) is 5.75 Å². The summed E-state index contributed by atoms with van der Waals surface area (Å²) in [5.41, 5.74) is 0.231. The minimum atomic E-state index is -1.20. The van der Waals surface area contributed by atoms with Crippen molar-refractivity contribution in [3.05, 3.63) is 46.2 Å². The molecule has 0 spiro atoms. The number of hydrogen-bond donors (Lipinski definition) is 1. The Bertz CT molecular complexity index is 606. The molecule has 0 saturated carbocycles. The van der Waals surface area contributed by atoms with Crippen molar-refractivity contribution in [3.8, 4) is 5.75 Å². The van der Waals surface area contributed by atoms with Crippen LogP contribution < -0.4 is 4.74 Å². The number of benzene rings is 1. The molecule has 5 heteroatoms. The van der Waals surface area contributed by atoms with Crippen LogP contribution in [0.4, 0.5) is 0 Å². The molecule has 2 rings (SSSR count). The van der Waals surface area contributed by atoms with Crippen LogP contribution in [0.25, 0.3) is 0 Å². The molecule has 0 aliphatic heterocycles. The highest BCUT2D eigenvalue weighted by molar-refractivity contribution is 9.10. The third kappa shape index (κ3) is 2.47. The zero-order valence-corrected chi connectivity index (χ0v) is 13.7. The molecule has 1 aromatic carbocycles. The normalized spacial score (nSPS) is 14.3. The summed E-state index contributed by atoms with van der Waals surface area (Å²) >= 11 is 3.50. The molecule has 1 atom stereocenters. The lowest BCUT2D eigenvalue weighted by Gasteiger charge is -2.28. The first kappa shape index (κ1) is 15.1. The van der Waals surface area contributed by atoms with E-state index in [9.17, 15) is 5.11 Å². The van der Waals surface area contributed by atoms with Crippen LogP contribution in [0.3, 0.4) is 0 Å². The summed E-state index contributed by atoms with van der Waals surface area (Å²) in [5, 5.41) is 15.4. The van der Waals surface area contributed by atoms with E-state index in [1.807, 2.05) is 38.1 Å². The van der Waals surface area contributed by atoms with Gasteiger partial charge in [-0.25, -0.2) is 0 Å². The molecular weight excluding hydrogens is 320 g/mol. The smallest absolute Gasteiger partial charge is 0.163 e. The molecule has 0 amide bonds. The third-order valence-corrected chi connectivity index (χ3v) is 4.02. The number of halogens is 1. The van der Waals surface area contributed by atoms with Gasteiger partial charge in [-0.1, -0.05) is 34.1 Å². The molecule has 0 aliphatic rings. The molecule has 1 heterocycles. The first-order valence-electron chi connectivity index (χ1n) is 6.49. The number of aliphatic hydroxyl groups is 1. The lowest BCUT2D eigenvalue weighted by Crippen LogP contribution is -2.28. The van der Waals surface area contributed by atoms with Gasteiger partial charge in [0.25, 0.3) is 0 Å². The van der Waals surface area contributed by atoms with E-state index in [4.69, 9.17) is 4.74 Å². The van der Waals surface area contributed by atoms with Crippen molar-refractivity contribution in [3.63, 3.8) is 0 Å². The highest BCUT2D eigenvalue weighted by atomic mass is 79.9. The van der Waals surface area contributed by atoms with Gasteiger partial charge in [0.1, 0.15) is 11.3 Å². The van der Waals surface area contributed by atoms with Crippen LogP contribution in [0.15, 0.2) is 34.9 Å². The topological polar surface area (TPSA) is 47.3 Å². The second kappa shape index (κ2) is 5.58. The summed E-state index contributed by atoms with van der Waals surface area (Å²) in [6, 6.07) is 7.74. The maximum Gasteiger partial charge on any atom is 0.163 e. The van der Waals surface area contributed by atoms with Crippen LogP contribution in [0.1, 0.15) is 38.1 Å². The number of hydrogen-bond acceptors (Lipinski definition) is 3. The zero-order valence-electron chi connectivity index (χ0n) is 12.1. The number of nitrogens with zero attached hydrogens (tertiary/aromatic N) is 2. The van der Waals surface area contributed by atoms with Crippen molar-refractivity contribution in [2.24, 2.45) is 0 Å². The summed E-state index contributed by atoms with van der Waals surface area (Å²) in [6.45, 7) is 5.80. The van der Waals surface area contributed by atoms with Gasteiger partial charge in [0.2, 0.25) is 0 Å². The van der Waals surface area contributed by atoms with Gasteiger partial charge in [-0.15, -0.1) is 0 Å². The molecule has 0 aliphatic carbocycles. The van der Waals surface area contributed by atoms with Crippen molar-refractivity contribution in [2.45, 2.75) is 32.4 Å². The molecule has 4 nitrogen and oxygen atoms in total. The number of methoxy groups -OCH3 is 1. The minimum Gasteiger partial charge on any atom is -0.493 e. The summed E-state index contributed by atoms with van der Waals surface area (Å²) in [7, 11) is 1.58. The van der Waals surface area contributed by atoms with Crippen LogP contribution in [-0.4, -0.2) is 22.0 Å². The van der Waals surface area contributed by atoms with Gasteiger partial charge in [-0.2, -0.15) is 5.10 Å². The van der Waals surface area contributed by atoms with E-state index in [0.717, 1.165) is 10.0 Å². The van der Waals surface area contributed by atoms with Crippen LogP contribution in [0, 0.1) is 0 Å². The SMILES string of the molecule is COc1cnn(C(C)C)c1C(C)(O)c1ccccc1Br. The van der Waals surface area contributed by atoms with Gasteiger partial charge < -0.3 is 9.84 Å². The monoisotopic (exact) mass is 338 g/mol. The number of ether oxygens (including phenoxy) is 1. The summed E-state index contributed by atoms with van der Waals surface area (Å²) < 4.78 is 8.01. The average Bonchev–Trinajstić information content (AvgIpc) is 2.83. The van der Waals surface area contributed by atoms with Gasteiger partial charge in [0, 0.05) is 16.1 Å². The number of aromatic nitrogens is 2. The Morgan fingerprint density at radius 1 is 1.35 bits per heavy atom. The zero-order chi connectivity index (χ0) is 14.9. The molecule has 1 unspecified atom stereocenters. The summed E-state index contributed by atoms with van der Waals surface area (Å²) in [4.78, 5) is 0. The first-order chi connectivity index (χ1) is 9.39. The van der Waals surface area contributed by atoms with Gasteiger partial charge in [-0.3, -0.25) is 4.68 Å². The van der Waals surface area contributed by atoms with Gasteiger partial charge in [-0.05, 0) is 26.8 Å². The summed E-state index contributed by atoms with van der Waals surface area (Å²) in [5.74, 6) is 0.583. The largest absolute Gasteiger partial charge is 0.493 e. The molecule has 2 aromatic rings. The lowest BCUT2D eigenvalue weighted by atomic mass is 9.91. The Hall–Kier alpha value is -1.33. The van der Waals surface area contributed by atoms with E-state index < -0.39 is 5.60 Å². The van der Waals surface area contributed by atoms with Gasteiger partial charge >= 0.3 is 0 Å². The van der Waals surface area contributed by atoms with Crippen molar-refractivity contribution in [1.82, 2.24) is 9.78 Å². The Morgan fingerprint density at radius 2 is 2.00 bits per heavy atom. The van der Waals surface area contributed by atoms with E-state index in [1.165, 1.54) is 0 Å². The maximum absolute atomic E-state index is 11.1. The van der Waals surface area contributed by atoms with Crippen molar-refractivity contribution in [2.75, 3.05) is 7.11 Å². The predicted molar refractivity (Wildman–Crippen MR) is 82.0 cm³/mol. The molecule has 108 valence electrons. The highest BCUT2D eigenvalue weighted by Gasteiger charge is 2.35. The molecular formula is C15H19BrN2O2. The minimum absolute atomic E-state index is 0.128. The fraction of sp³-hybridized carbons (Fsp3) is 0.400. The van der Waals surface area contributed by atoms with Crippen LogP contribution in [0.2, 0.25) is 0 Å². The second-order valence-corrected chi connectivity index (χ2v) is 6.01. The van der Waals surface area contributed by atoms with Crippen molar-refractivity contribution < 1.29 is 9.84 Å². The molecule has 1 N–H and O–H groups in total. The first-order valence-corrected chi connectivity index (χ1v) is 7.28. The predicted octanol–water partition coefficient (Wildman–Crippen LogP) is 3.49. The Balaban J connectivity index is 2.65. The third-order valence-electron chi connectivity index (χ3n) is 3.33. The van der Waals surface area contributed by atoms with Crippen LogP contribution >= 0.6 is 15.9 Å². The van der Waals surface area contributed by atoms with E-state index in [1.54, 1.807) is 24.9 Å². The van der Waals surface area contributed by atoms with E-state index in [0.29, 0.717) is 11.4 Å². The van der Waals surface area contributed by atoms with Crippen LogP contribution in [0.5, 0.6) is 5.75 Å². The fourth-order valence-electron chi connectivity index (χ4n) is 2.33. The number of rotatable bonds is 4. The standard InChI is InChI=1S/C15H19BrN2O2/c1-10(2)18-14(13(20-4)9-17-18)15(3,19)11-7-5-6-8-12(11)16/h5-10,19H,1-4H3.